The second-order valence-electron chi connectivity index (χ2n) is 5.16. The number of oxazole rings is 1. The third-order valence-electron chi connectivity index (χ3n) is 3.34. The van der Waals surface area contributed by atoms with Crippen molar-refractivity contribution in [2.45, 2.75) is 19.8 Å². The van der Waals surface area contributed by atoms with E-state index >= 15 is 0 Å². The molecule has 0 aliphatic rings. The van der Waals surface area contributed by atoms with E-state index in [9.17, 15) is 0 Å². The number of aryl methyl sites for hydroxylation is 1. The largest absolute Gasteiger partial charge is 0.436 e. The first-order chi connectivity index (χ1) is 11.8. The fraction of sp³-hybridized carbons (Fsp3) is 0.188. The highest BCUT2D eigenvalue weighted by Gasteiger charge is 2.10. The lowest BCUT2D eigenvalue weighted by Gasteiger charge is -2.00. The Kier molecular flexibility index (Phi) is 3.87. The first kappa shape index (κ1) is 14.7. The van der Waals surface area contributed by atoms with Gasteiger partial charge in [0.25, 0.3) is 0 Å². The predicted molar refractivity (Wildman–Crippen MR) is 92.2 cm³/mol. The van der Waals surface area contributed by atoms with Crippen LogP contribution in [0.3, 0.4) is 0 Å². The number of para-hydroxylation sites is 2. The summed E-state index contributed by atoms with van der Waals surface area (Å²) in [5, 5.41) is 13.0. The lowest BCUT2D eigenvalue weighted by atomic mass is 10.3. The van der Waals surface area contributed by atoms with Crippen molar-refractivity contribution in [3.8, 4) is 11.5 Å². The Bertz CT molecular complexity index is 929. The van der Waals surface area contributed by atoms with Crippen LogP contribution in [-0.4, -0.2) is 25.1 Å². The summed E-state index contributed by atoms with van der Waals surface area (Å²) in [5.74, 6) is 0.970. The summed E-state index contributed by atoms with van der Waals surface area (Å²) >= 11 is 1.51. The van der Waals surface area contributed by atoms with Crippen LogP contribution in [0.4, 0.5) is 11.1 Å². The molecule has 0 radical (unpaired) electrons. The molecule has 0 unspecified atom stereocenters. The van der Waals surface area contributed by atoms with Crippen molar-refractivity contribution < 1.29 is 4.42 Å². The van der Waals surface area contributed by atoms with Gasteiger partial charge in [-0.25, -0.2) is 15.0 Å². The van der Waals surface area contributed by atoms with Crippen molar-refractivity contribution in [1.82, 2.24) is 25.1 Å². The van der Waals surface area contributed by atoms with Crippen LogP contribution < -0.4 is 5.32 Å². The number of aromatic nitrogens is 5. The molecule has 0 amide bonds. The van der Waals surface area contributed by atoms with Gasteiger partial charge in [0.1, 0.15) is 10.5 Å². The van der Waals surface area contributed by atoms with Gasteiger partial charge in [-0.05, 0) is 18.6 Å². The Morgan fingerprint density at radius 1 is 1.12 bits per heavy atom. The first-order valence-corrected chi connectivity index (χ1v) is 8.41. The Morgan fingerprint density at radius 3 is 2.75 bits per heavy atom. The average Bonchev–Trinajstić information content (AvgIpc) is 3.22. The van der Waals surface area contributed by atoms with Gasteiger partial charge in [0.05, 0.1) is 5.56 Å². The number of hydrogen-bond acceptors (Lipinski definition) is 8. The van der Waals surface area contributed by atoms with Gasteiger partial charge in [-0.2, -0.15) is 0 Å². The number of fused-ring (bicyclic) bond motifs is 1. The second kappa shape index (κ2) is 6.32. The molecule has 3 heterocycles. The van der Waals surface area contributed by atoms with Crippen LogP contribution >= 0.6 is 11.3 Å². The van der Waals surface area contributed by atoms with Crippen molar-refractivity contribution in [3.05, 3.63) is 41.7 Å². The van der Waals surface area contributed by atoms with Gasteiger partial charge in [-0.1, -0.05) is 30.4 Å². The second-order valence-corrected chi connectivity index (χ2v) is 6.22. The third kappa shape index (κ3) is 2.95. The number of anilines is 2. The summed E-state index contributed by atoms with van der Waals surface area (Å²) in [6.07, 6.45) is 5.32. The SMILES string of the molecule is CCCc1nnc(Nc2ncc(-c3nc4ccccc4o3)cn2)s1. The minimum atomic E-state index is 0.467. The van der Waals surface area contributed by atoms with Crippen LogP contribution in [0, 0.1) is 0 Å². The molecular formula is C16H14N6OS. The third-order valence-corrected chi connectivity index (χ3v) is 4.24. The zero-order valence-corrected chi connectivity index (χ0v) is 13.7. The number of nitrogens with one attached hydrogen (secondary N) is 1. The van der Waals surface area contributed by atoms with Crippen molar-refractivity contribution in [2.24, 2.45) is 0 Å². The summed E-state index contributed by atoms with van der Waals surface area (Å²) in [6.45, 7) is 2.11. The van der Waals surface area contributed by atoms with Gasteiger partial charge in [0.2, 0.25) is 17.0 Å². The maximum Gasteiger partial charge on any atom is 0.230 e. The summed E-state index contributed by atoms with van der Waals surface area (Å²) in [6, 6.07) is 7.62. The van der Waals surface area contributed by atoms with E-state index < -0.39 is 0 Å². The molecule has 0 saturated heterocycles. The highest BCUT2D eigenvalue weighted by molar-refractivity contribution is 7.15. The summed E-state index contributed by atoms with van der Waals surface area (Å²) < 4.78 is 5.71. The van der Waals surface area contributed by atoms with Crippen LogP contribution in [0.2, 0.25) is 0 Å². The Morgan fingerprint density at radius 2 is 1.96 bits per heavy atom. The first-order valence-electron chi connectivity index (χ1n) is 7.59. The fourth-order valence-electron chi connectivity index (χ4n) is 2.21. The zero-order valence-electron chi connectivity index (χ0n) is 12.9. The quantitative estimate of drug-likeness (QED) is 0.591. The molecule has 24 heavy (non-hydrogen) atoms. The van der Waals surface area contributed by atoms with E-state index in [0.29, 0.717) is 17.0 Å². The van der Waals surface area contributed by atoms with Gasteiger partial charge >= 0.3 is 0 Å². The number of hydrogen-bond donors (Lipinski definition) is 1. The molecule has 4 aromatic rings. The Hall–Kier alpha value is -2.87. The topological polar surface area (TPSA) is 89.6 Å². The minimum absolute atomic E-state index is 0.467. The highest BCUT2D eigenvalue weighted by atomic mass is 32.1. The van der Waals surface area contributed by atoms with Gasteiger partial charge in [-0.3, -0.25) is 5.32 Å². The van der Waals surface area contributed by atoms with E-state index in [4.69, 9.17) is 4.42 Å². The monoisotopic (exact) mass is 338 g/mol. The molecule has 0 bridgehead atoms. The molecular weight excluding hydrogens is 324 g/mol. The Balaban J connectivity index is 1.53. The molecule has 1 N–H and O–H groups in total. The predicted octanol–water partition coefficient (Wildman–Crippen LogP) is 3.83. The maximum atomic E-state index is 5.71. The lowest BCUT2D eigenvalue weighted by molar-refractivity contribution is 0.619. The molecule has 0 atom stereocenters. The average molecular weight is 338 g/mol. The van der Waals surface area contributed by atoms with Crippen molar-refractivity contribution >= 4 is 33.5 Å². The molecule has 8 heteroatoms. The Labute approximate surface area is 141 Å². The van der Waals surface area contributed by atoms with Crippen molar-refractivity contribution in [2.75, 3.05) is 5.32 Å². The molecule has 1 aromatic carbocycles. The molecule has 0 aliphatic heterocycles. The highest BCUT2D eigenvalue weighted by Crippen LogP contribution is 2.24. The molecule has 0 fully saturated rings. The smallest absolute Gasteiger partial charge is 0.230 e. The van der Waals surface area contributed by atoms with Crippen LogP contribution in [0.1, 0.15) is 18.4 Å². The molecule has 7 nitrogen and oxygen atoms in total. The molecule has 0 spiro atoms. The van der Waals surface area contributed by atoms with E-state index in [1.807, 2.05) is 24.3 Å². The van der Waals surface area contributed by atoms with E-state index in [1.165, 1.54) is 11.3 Å². The number of benzene rings is 1. The van der Waals surface area contributed by atoms with Crippen molar-refractivity contribution in [1.29, 1.82) is 0 Å². The number of rotatable bonds is 5. The normalized spacial score (nSPS) is 11.0. The summed E-state index contributed by atoms with van der Waals surface area (Å²) in [7, 11) is 0. The van der Waals surface area contributed by atoms with Crippen LogP contribution in [0.5, 0.6) is 0 Å². The minimum Gasteiger partial charge on any atom is -0.436 e. The van der Waals surface area contributed by atoms with Gasteiger partial charge in [0.15, 0.2) is 5.58 Å². The lowest BCUT2D eigenvalue weighted by Crippen LogP contribution is -1.96. The van der Waals surface area contributed by atoms with Gasteiger partial charge < -0.3 is 4.42 Å². The number of nitrogens with zero attached hydrogens (tertiary/aromatic N) is 5. The van der Waals surface area contributed by atoms with Crippen LogP contribution in [0.15, 0.2) is 41.1 Å². The van der Waals surface area contributed by atoms with Crippen molar-refractivity contribution in [3.63, 3.8) is 0 Å². The molecule has 0 saturated carbocycles. The van der Waals surface area contributed by atoms with E-state index in [0.717, 1.165) is 34.5 Å². The molecule has 3 aromatic heterocycles. The van der Waals surface area contributed by atoms with Gasteiger partial charge in [0, 0.05) is 18.8 Å². The van der Waals surface area contributed by atoms with Crippen LogP contribution in [0.25, 0.3) is 22.6 Å². The molecule has 120 valence electrons. The standard InChI is InChI=1S/C16H14N6OS/c1-2-5-13-21-22-16(24-13)20-15-17-8-10(9-18-15)14-19-11-6-3-4-7-12(11)23-14/h3-4,6-9H,2,5H2,1H3,(H,17,18,20,22). The van der Waals surface area contributed by atoms with Crippen LogP contribution in [-0.2, 0) is 6.42 Å². The van der Waals surface area contributed by atoms with Gasteiger partial charge in [-0.15, -0.1) is 10.2 Å². The maximum absolute atomic E-state index is 5.71. The molecule has 0 aliphatic carbocycles. The summed E-state index contributed by atoms with van der Waals surface area (Å²) in [4.78, 5) is 13.0. The van der Waals surface area contributed by atoms with E-state index in [1.54, 1.807) is 12.4 Å². The summed E-state index contributed by atoms with van der Waals surface area (Å²) in [5.41, 5.74) is 2.28. The fourth-order valence-corrected chi connectivity index (χ4v) is 3.05. The zero-order chi connectivity index (χ0) is 16.4. The van der Waals surface area contributed by atoms with E-state index in [-0.39, 0.29) is 0 Å². The van der Waals surface area contributed by atoms with E-state index in [2.05, 4.69) is 37.4 Å². The molecule has 4 rings (SSSR count).